The van der Waals surface area contributed by atoms with Gasteiger partial charge >= 0.3 is 0 Å². The maximum atomic E-state index is 3.61. The van der Waals surface area contributed by atoms with E-state index in [4.69, 9.17) is 0 Å². The largest absolute Gasteiger partial charge is 0.302 e. The molecule has 1 rings (SSSR count). The van der Waals surface area contributed by atoms with E-state index in [-0.39, 0.29) is 0 Å². The molecule has 1 nitrogen and oxygen atoms in total. The van der Waals surface area contributed by atoms with Gasteiger partial charge in [0, 0.05) is 13.1 Å². The summed E-state index contributed by atoms with van der Waals surface area (Å²) in [5.41, 5.74) is 5.74. The average molecular weight is 398 g/mol. The van der Waals surface area contributed by atoms with Gasteiger partial charge in [0.2, 0.25) is 0 Å². The van der Waals surface area contributed by atoms with Crippen LogP contribution in [0.25, 0.3) is 0 Å². The van der Waals surface area contributed by atoms with Crippen molar-refractivity contribution in [3.05, 3.63) is 96.7 Å². The lowest BCUT2D eigenvalue weighted by Gasteiger charge is -2.24. The molecule has 1 heteroatoms. The fourth-order valence-electron chi connectivity index (χ4n) is 2.45. The summed E-state index contributed by atoms with van der Waals surface area (Å²) in [6.07, 6.45) is 20.2. The SMILES string of the molecule is C=C/C=C/C(/C=C\C)=C/CC.C=CC.C=CC.CC(C)=CC1=C(C)CN(C)CC1. The molecule has 0 aromatic carbocycles. The van der Waals surface area contributed by atoms with E-state index in [1.807, 2.05) is 32.9 Å². The van der Waals surface area contributed by atoms with Crippen LogP contribution in [-0.4, -0.2) is 25.0 Å². The van der Waals surface area contributed by atoms with Gasteiger partial charge in [-0.2, -0.15) is 0 Å². The zero-order valence-corrected chi connectivity index (χ0v) is 20.6. The molecule has 0 amide bonds. The first kappa shape index (κ1) is 31.6. The zero-order chi connectivity index (χ0) is 23.1. The molecular formula is C28H47N. The average Bonchev–Trinajstić information content (AvgIpc) is 2.64. The summed E-state index contributed by atoms with van der Waals surface area (Å²) < 4.78 is 0. The number of likely N-dealkylation sites (N-methyl/N-ethyl adjacent to an activating group) is 1. The lowest BCUT2D eigenvalue weighted by atomic mass is 10.00. The van der Waals surface area contributed by atoms with E-state index in [0.717, 1.165) is 13.0 Å². The Labute approximate surface area is 183 Å². The lowest BCUT2D eigenvalue weighted by molar-refractivity contribution is 0.350. The predicted octanol–water partition coefficient (Wildman–Crippen LogP) is 8.63. The summed E-state index contributed by atoms with van der Waals surface area (Å²) in [7, 11) is 2.18. The molecule has 0 unspecified atom stereocenters. The second kappa shape index (κ2) is 23.9. The Morgan fingerprint density at radius 3 is 1.97 bits per heavy atom. The van der Waals surface area contributed by atoms with Crippen LogP contribution in [0.3, 0.4) is 0 Å². The number of hydrogen-bond donors (Lipinski definition) is 0. The molecule has 0 bridgehead atoms. The third-order valence-corrected chi connectivity index (χ3v) is 3.50. The van der Waals surface area contributed by atoms with Crippen LogP contribution < -0.4 is 0 Å². The van der Waals surface area contributed by atoms with Gasteiger partial charge in [-0.15, -0.1) is 13.2 Å². The van der Waals surface area contributed by atoms with Crippen molar-refractivity contribution in [3.8, 4) is 0 Å². The maximum Gasteiger partial charge on any atom is 0.0193 e. The van der Waals surface area contributed by atoms with E-state index in [1.165, 1.54) is 29.7 Å². The fourth-order valence-corrected chi connectivity index (χ4v) is 2.45. The van der Waals surface area contributed by atoms with Crippen LogP contribution in [0, 0.1) is 0 Å². The van der Waals surface area contributed by atoms with Gasteiger partial charge in [-0.3, -0.25) is 0 Å². The van der Waals surface area contributed by atoms with Gasteiger partial charge in [0.1, 0.15) is 0 Å². The third-order valence-electron chi connectivity index (χ3n) is 3.50. The summed E-state index contributed by atoms with van der Waals surface area (Å²) in [6, 6.07) is 0. The highest BCUT2D eigenvalue weighted by Crippen LogP contribution is 2.18. The predicted molar refractivity (Wildman–Crippen MR) is 139 cm³/mol. The van der Waals surface area contributed by atoms with Crippen LogP contribution in [0.1, 0.15) is 61.3 Å². The van der Waals surface area contributed by atoms with Crippen LogP contribution in [0.15, 0.2) is 96.7 Å². The van der Waals surface area contributed by atoms with E-state index >= 15 is 0 Å². The molecule has 0 aliphatic carbocycles. The zero-order valence-electron chi connectivity index (χ0n) is 20.6. The standard InChI is InChI=1S/C11H19N.C11H16.2C3H6/c1-9(2)7-11-5-6-12(4)8-10(11)3;1-4-7-10-11(8-5-2)9-6-3;2*1-3-2/h7H,5-6,8H2,1-4H3;4-5,7-10H,1,6H2,2-3H3;2*3H,1H2,2H3/b;8-5-,10-7+,11-9+;;. The minimum absolute atomic E-state index is 1.07. The molecule has 0 saturated carbocycles. The van der Waals surface area contributed by atoms with Crippen LogP contribution >= 0.6 is 0 Å². The quantitative estimate of drug-likeness (QED) is 0.331. The Bertz CT molecular complexity index is 569. The first-order valence-electron chi connectivity index (χ1n) is 10.6. The van der Waals surface area contributed by atoms with Gasteiger partial charge < -0.3 is 4.90 Å². The van der Waals surface area contributed by atoms with Crippen molar-refractivity contribution in [1.29, 1.82) is 0 Å². The van der Waals surface area contributed by atoms with Crippen molar-refractivity contribution in [3.63, 3.8) is 0 Å². The highest BCUT2D eigenvalue weighted by Gasteiger charge is 2.10. The number of rotatable bonds is 5. The van der Waals surface area contributed by atoms with Crippen molar-refractivity contribution in [2.45, 2.75) is 61.3 Å². The van der Waals surface area contributed by atoms with Crippen molar-refractivity contribution in [2.75, 3.05) is 20.1 Å². The van der Waals surface area contributed by atoms with Crippen LogP contribution in [-0.2, 0) is 0 Å². The van der Waals surface area contributed by atoms with E-state index in [2.05, 4.69) is 83.7 Å². The molecule has 1 aliphatic heterocycles. The van der Waals surface area contributed by atoms with Crippen molar-refractivity contribution >= 4 is 0 Å². The summed E-state index contributed by atoms with van der Waals surface area (Å²) in [6.45, 7) is 27.2. The molecule has 0 aromatic rings. The Kier molecular flexibility index (Phi) is 26.0. The molecule has 0 spiro atoms. The molecule has 164 valence electrons. The summed E-state index contributed by atoms with van der Waals surface area (Å²) in [4.78, 5) is 2.37. The van der Waals surface area contributed by atoms with Crippen molar-refractivity contribution < 1.29 is 0 Å². The molecule has 29 heavy (non-hydrogen) atoms. The lowest BCUT2D eigenvalue weighted by Crippen LogP contribution is -2.26. The van der Waals surface area contributed by atoms with E-state index in [9.17, 15) is 0 Å². The Morgan fingerprint density at radius 1 is 1.03 bits per heavy atom. The summed E-state index contributed by atoms with van der Waals surface area (Å²) >= 11 is 0. The van der Waals surface area contributed by atoms with Gasteiger partial charge in [-0.1, -0.05) is 79.3 Å². The maximum absolute atomic E-state index is 3.61. The second-order valence-electron chi connectivity index (χ2n) is 7.04. The van der Waals surface area contributed by atoms with Crippen LogP contribution in [0.2, 0.25) is 0 Å². The molecule has 0 radical (unpaired) electrons. The second-order valence-corrected chi connectivity index (χ2v) is 7.04. The van der Waals surface area contributed by atoms with E-state index in [1.54, 1.807) is 23.8 Å². The number of allylic oxidation sites excluding steroid dienone is 11. The first-order valence-corrected chi connectivity index (χ1v) is 10.6. The van der Waals surface area contributed by atoms with Gasteiger partial charge in [0.15, 0.2) is 0 Å². The minimum atomic E-state index is 1.07. The molecule has 1 aliphatic rings. The Morgan fingerprint density at radius 2 is 1.59 bits per heavy atom. The monoisotopic (exact) mass is 397 g/mol. The van der Waals surface area contributed by atoms with Gasteiger partial charge in [0.05, 0.1) is 0 Å². The Balaban J connectivity index is -0.000000368. The van der Waals surface area contributed by atoms with Crippen LogP contribution in [0.4, 0.5) is 0 Å². The fraction of sp³-hybridized carbons (Fsp3) is 0.429. The Hall–Kier alpha value is -2.12. The minimum Gasteiger partial charge on any atom is -0.302 e. The van der Waals surface area contributed by atoms with E-state index < -0.39 is 0 Å². The van der Waals surface area contributed by atoms with Crippen molar-refractivity contribution in [1.82, 2.24) is 4.90 Å². The number of nitrogens with zero attached hydrogens (tertiary/aromatic N) is 1. The van der Waals surface area contributed by atoms with E-state index in [0.29, 0.717) is 0 Å². The first-order chi connectivity index (χ1) is 13.8. The van der Waals surface area contributed by atoms with Gasteiger partial charge in [0.25, 0.3) is 0 Å². The topological polar surface area (TPSA) is 3.24 Å². The van der Waals surface area contributed by atoms with Crippen LogP contribution in [0.5, 0.6) is 0 Å². The molecule has 0 atom stereocenters. The smallest absolute Gasteiger partial charge is 0.0193 e. The third kappa shape index (κ3) is 23.8. The molecule has 0 aromatic heterocycles. The highest BCUT2D eigenvalue weighted by atomic mass is 15.1. The van der Waals surface area contributed by atoms with Gasteiger partial charge in [-0.25, -0.2) is 0 Å². The summed E-state index contributed by atoms with van der Waals surface area (Å²) in [5.74, 6) is 0. The van der Waals surface area contributed by atoms with Crippen molar-refractivity contribution in [2.24, 2.45) is 0 Å². The summed E-state index contributed by atoms with van der Waals surface area (Å²) in [5, 5.41) is 0. The molecule has 0 N–H and O–H groups in total. The normalized spacial score (nSPS) is 14.0. The molecule has 0 saturated heterocycles. The molecular weight excluding hydrogens is 350 g/mol. The molecule has 1 heterocycles. The highest BCUT2D eigenvalue weighted by molar-refractivity contribution is 5.31. The van der Waals surface area contributed by atoms with Gasteiger partial charge in [-0.05, 0) is 72.6 Å². The number of hydrogen-bond acceptors (Lipinski definition) is 1. The molecule has 0 fully saturated rings.